The highest BCUT2D eigenvalue weighted by atomic mass is 35.5. The van der Waals surface area contributed by atoms with Gasteiger partial charge in [0.25, 0.3) is 0 Å². The molecule has 2 aromatic heterocycles. The number of sulfonamides is 1. The van der Waals surface area contributed by atoms with E-state index in [0.717, 1.165) is 6.26 Å². The van der Waals surface area contributed by atoms with Crippen LogP contribution in [0, 0.1) is 0 Å². The first-order valence-electron chi connectivity index (χ1n) is 4.70. The lowest BCUT2D eigenvalue weighted by atomic mass is 10.4. The lowest BCUT2D eigenvalue weighted by molar-refractivity contribution is 0.606. The third-order valence-electron chi connectivity index (χ3n) is 1.92. The van der Waals surface area contributed by atoms with Gasteiger partial charge in [0, 0.05) is 12.3 Å². The van der Waals surface area contributed by atoms with Gasteiger partial charge in [0.05, 0.1) is 22.5 Å². The number of anilines is 1. The highest BCUT2D eigenvalue weighted by Gasteiger charge is 2.13. The highest BCUT2D eigenvalue weighted by Crippen LogP contribution is 2.24. The molecular formula is C9H8Cl2N4O2S. The minimum atomic E-state index is -3.41. The molecule has 0 saturated heterocycles. The molecule has 0 unspecified atom stereocenters. The molecule has 1 N–H and O–H groups in total. The molecule has 0 aliphatic rings. The van der Waals surface area contributed by atoms with Crippen molar-refractivity contribution in [2.24, 2.45) is 0 Å². The quantitative estimate of drug-likeness (QED) is 0.940. The maximum Gasteiger partial charge on any atom is 0.230 e. The summed E-state index contributed by atoms with van der Waals surface area (Å²) in [7, 11) is -3.41. The predicted octanol–water partition coefficient (Wildman–Crippen LogP) is 1.95. The van der Waals surface area contributed by atoms with Gasteiger partial charge in [-0.2, -0.15) is 9.78 Å². The van der Waals surface area contributed by atoms with E-state index in [1.807, 2.05) is 0 Å². The van der Waals surface area contributed by atoms with Crippen molar-refractivity contribution in [2.45, 2.75) is 0 Å². The van der Waals surface area contributed by atoms with Crippen molar-refractivity contribution in [3.63, 3.8) is 0 Å². The van der Waals surface area contributed by atoms with Crippen molar-refractivity contribution in [3.8, 4) is 5.82 Å². The summed E-state index contributed by atoms with van der Waals surface area (Å²) >= 11 is 11.7. The largest absolute Gasteiger partial charge is 0.267 e. The molecule has 0 aliphatic carbocycles. The van der Waals surface area contributed by atoms with Gasteiger partial charge in [0.15, 0.2) is 5.82 Å². The Balaban J connectivity index is 2.49. The minimum absolute atomic E-state index is 0.245. The summed E-state index contributed by atoms with van der Waals surface area (Å²) in [4.78, 5) is 4.01. The summed E-state index contributed by atoms with van der Waals surface area (Å²) in [6, 6.07) is 2.99. The maximum atomic E-state index is 11.2. The van der Waals surface area contributed by atoms with Crippen LogP contribution in [0.15, 0.2) is 24.5 Å². The van der Waals surface area contributed by atoms with E-state index in [1.54, 1.807) is 0 Å². The van der Waals surface area contributed by atoms with E-state index in [1.165, 1.54) is 29.2 Å². The van der Waals surface area contributed by atoms with Gasteiger partial charge in [-0.3, -0.25) is 4.72 Å². The summed E-state index contributed by atoms with van der Waals surface area (Å²) in [6.07, 6.45) is 3.87. The molecule has 0 aromatic carbocycles. The number of aromatic nitrogens is 3. The fraction of sp³-hybridized carbons (Fsp3) is 0.111. The van der Waals surface area contributed by atoms with Crippen LogP contribution >= 0.6 is 23.2 Å². The predicted molar refractivity (Wildman–Crippen MR) is 69.8 cm³/mol. The molecule has 0 atom stereocenters. The Morgan fingerprint density at radius 2 is 2.11 bits per heavy atom. The van der Waals surface area contributed by atoms with Crippen LogP contribution in [0.25, 0.3) is 5.82 Å². The Morgan fingerprint density at radius 3 is 2.72 bits per heavy atom. The van der Waals surface area contributed by atoms with Crippen LogP contribution in [0.5, 0.6) is 0 Å². The molecule has 2 aromatic rings. The second kappa shape index (κ2) is 4.75. The van der Waals surface area contributed by atoms with Crippen molar-refractivity contribution in [3.05, 3.63) is 34.6 Å². The number of rotatable bonds is 3. The Hall–Kier alpha value is -1.31. The average Bonchev–Trinajstić information content (AvgIpc) is 2.63. The third-order valence-corrected chi connectivity index (χ3v) is 2.99. The van der Waals surface area contributed by atoms with Gasteiger partial charge in [0.1, 0.15) is 5.82 Å². The molecule has 0 fully saturated rings. The van der Waals surface area contributed by atoms with Gasteiger partial charge in [-0.15, -0.1) is 0 Å². The molecule has 9 heteroatoms. The fourth-order valence-corrected chi connectivity index (χ4v) is 2.30. The van der Waals surface area contributed by atoms with Crippen molar-refractivity contribution < 1.29 is 8.42 Å². The van der Waals surface area contributed by atoms with Crippen molar-refractivity contribution in [1.29, 1.82) is 0 Å². The summed E-state index contributed by atoms with van der Waals surface area (Å²) in [5.41, 5.74) is 0. The van der Waals surface area contributed by atoms with Gasteiger partial charge in [-0.25, -0.2) is 13.4 Å². The van der Waals surface area contributed by atoms with Crippen LogP contribution in [-0.4, -0.2) is 29.4 Å². The third kappa shape index (κ3) is 2.92. The monoisotopic (exact) mass is 306 g/mol. The Labute approximate surface area is 114 Å². The van der Waals surface area contributed by atoms with E-state index in [0.29, 0.717) is 5.02 Å². The van der Waals surface area contributed by atoms with E-state index >= 15 is 0 Å². The Morgan fingerprint density at radius 1 is 1.39 bits per heavy atom. The molecule has 0 radical (unpaired) electrons. The second-order valence-electron chi connectivity index (χ2n) is 3.46. The van der Waals surface area contributed by atoms with E-state index in [2.05, 4.69) is 14.8 Å². The van der Waals surface area contributed by atoms with Gasteiger partial charge in [0.2, 0.25) is 10.0 Å². The maximum absolute atomic E-state index is 11.2. The first kappa shape index (κ1) is 13.1. The first-order chi connectivity index (χ1) is 8.37. The molecule has 0 saturated carbocycles. The number of halogens is 2. The average molecular weight is 307 g/mol. The van der Waals surface area contributed by atoms with Crippen LogP contribution in [0.2, 0.25) is 10.0 Å². The van der Waals surface area contributed by atoms with Crippen LogP contribution in [0.1, 0.15) is 0 Å². The smallest absolute Gasteiger partial charge is 0.230 e. The summed E-state index contributed by atoms with van der Waals surface area (Å²) < 4.78 is 26.0. The molecule has 6 nitrogen and oxygen atoms in total. The standard InChI is InChI=1S/C9H8Cl2N4O2S/c1-18(16,17)14-8-2-3-13-15(8)9-7(11)4-6(10)5-12-9/h2-5,14H,1H3. The molecule has 2 rings (SSSR count). The van der Waals surface area contributed by atoms with Gasteiger partial charge in [-0.1, -0.05) is 23.2 Å². The zero-order chi connectivity index (χ0) is 13.3. The van der Waals surface area contributed by atoms with Crippen LogP contribution in [0.4, 0.5) is 5.82 Å². The van der Waals surface area contributed by atoms with Crippen molar-refractivity contribution in [1.82, 2.24) is 14.8 Å². The molecule has 0 amide bonds. The van der Waals surface area contributed by atoms with E-state index in [4.69, 9.17) is 23.2 Å². The number of hydrogen-bond acceptors (Lipinski definition) is 4. The molecule has 0 bridgehead atoms. The normalized spacial score (nSPS) is 11.5. The van der Waals surface area contributed by atoms with Gasteiger partial charge in [-0.05, 0) is 6.07 Å². The zero-order valence-electron chi connectivity index (χ0n) is 9.13. The van der Waals surface area contributed by atoms with Crippen LogP contribution in [0.3, 0.4) is 0 Å². The summed E-state index contributed by atoms with van der Waals surface area (Å²) in [6.45, 7) is 0. The molecule has 2 heterocycles. The number of nitrogens with one attached hydrogen (secondary N) is 1. The number of nitrogens with zero attached hydrogens (tertiary/aromatic N) is 3. The highest BCUT2D eigenvalue weighted by molar-refractivity contribution is 7.92. The second-order valence-corrected chi connectivity index (χ2v) is 6.05. The van der Waals surface area contributed by atoms with Gasteiger partial charge < -0.3 is 0 Å². The summed E-state index contributed by atoms with van der Waals surface area (Å²) in [5, 5.41) is 4.61. The molecule has 18 heavy (non-hydrogen) atoms. The summed E-state index contributed by atoms with van der Waals surface area (Å²) in [5.74, 6) is 0.534. The molecule has 0 aliphatic heterocycles. The first-order valence-corrected chi connectivity index (χ1v) is 7.35. The van der Waals surface area contributed by atoms with E-state index < -0.39 is 10.0 Å². The van der Waals surface area contributed by atoms with Crippen molar-refractivity contribution >= 4 is 39.0 Å². The number of hydrogen-bond donors (Lipinski definition) is 1. The molecule has 96 valence electrons. The minimum Gasteiger partial charge on any atom is -0.267 e. The van der Waals surface area contributed by atoms with Gasteiger partial charge >= 0.3 is 0 Å². The lowest BCUT2D eigenvalue weighted by Crippen LogP contribution is -2.14. The number of pyridine rings is 1. The lowest BCUT2D eigenvalue weighted by Gasteiger charge is -2.08. The van der Waals surface area contributed by atoms with E-state index in [-0.39, 0.29) is 16.7 Å². The van der Waals surface area contributed by atoms with Crippen LogP contribution in [-0.2, 0) is 10.0 Å². The molecular weight excluding hydrogens is 299 g/mol. The molecule has 0 spiro atoms. The Bertz CT molecular complexity index is 684. The topological polar surface area (TPSA) is 76.9 Å². The van der Waals surface area contributed by atoms with Crippen LogP contribution < -0.4 is 4.72 Å². The fourth-order valence-electron chi connectivity index (χ4n) is 1.30. The van der Waals surface area contributed by atoms with E-state index in [9.17, 15) is 8.42 Å². The zero-order valence-corrected chi connectivity index (χ0v) is 11.5. The van der Waals surface area contributed by atoms with Crippen molar-refractivity contribution in [2.75, 3.05) is 11.0 Å². The SMILES string of the molecule is CS(=O)(=O)Nc1ccnn1-c1ncc(Cl)cc1Cl. The Kier molecular flexibility index (Phi) is 3.47.